The molecule has 0 aromatic heterocycles. The Hall–Kier alpha value is -1.35. The van der Waals surface area contributed by atoms with E-state index in [-0.39, 0.29) is 5.97 Å². The van der Waals surface area contributed by atoms with Crippen molar-refractivity contribution in [3.63, 3.8) is 0 Å². The van der Waals surface area contributed by atoms with Gasteiger partial charge in [0.15, 0.2) is 0 Å². The van der Waals surface area contributed by atoms with Gasteiger partial charge in [-0.3, -0.25) is 9.69 Å². The van der Waals surface area contributed by atoms with E-state index in [4.69, 9.17) is 4.74 Å². The van der Waals surface area contributed by atoms with Crippen molar-refractivity contribution in [2.75, 3.05) is 6.54 Å². The van der Waals surface area contributed by atoms with E-state index in [9.17, 15) is 4.79 Å². The first kappa shape index (κ1) is 15.0. The van der Waals surface area contributed by atoms with Gasteiger partial charge in [-0.25, -0.2) is 0 Å². The van der Waals surface area contributed by atoms with Gasteiger partial charge in [0.05, 0.1) is 6.42 Å². The van der Waals surface area contributed by atoms with Gasteiger partial charge in [0.1, 0.15) is 5.60 Å². The number of carbonyl (C=O) groups excluding carboxylic acids is 1. The van der Waals surface area contributed by atoms with E-state index in [0.29, 0.717) is 18.4 Å². The number of ether oxygens (including phenoxy) is 1. The summed E-state index contributed by atoms with van der Waals surface area (Å²) in [5, 5.41) is 0. The van der Waals surface area contributed by atoms with E-state index < -0.39 is 5.60 Å². The summed E-state index contributed by atoms with van der Waals surface area (Å²) in [6.07, 6.45) is 0.491. The monoisotopic (exact) mass is 275 g/mol. The van der Waals surface area contributed by atoms with Gasteiger partial charge in [-0.1, -0.05) is 37.3 Å². The van der Waals surface area contributed by atoms with Crippen LogP contribution < -0.4 is 0 Å². The van der Waals surface area contributed by atoms with E-state index in [1.165, 1.54) is 5.56 Å². The molecular weight excluding hydrogens is 250 g/mol. The molecular formula is C17H25NO2. The van der Waals surface area contributed by atoms with Crippen LogP contribution in [0.25, 0.3) is 0 Å². The lowest BCUT2D eigenvalue weighted by Crippen LogP contribution is -2.55. The number of hydrogen-bond donors (Lipinski definition) is 0. The first-order valence-corrected chi connectivity index (χ1v) is 7.35. The molecule has 0 saturated carbocycles. The lowest BCUT2D eigenvalue weighted by Gasteiger charge is -2.46. The molecule has 0 bridgehead atoms. The van der Waals surface area contributed by atoms with Crippen LogP contribution in [-0.2, 0) is 16.1 Å². The summed E-state index contributed by atoms with van der Waals surface area (Å²) in [7, 11) is 0. The number of esters is 1. The Morgan fingerprint density at radius 3 is 2.50 bits per heavy atom. The van der Waals surface area contributed by atoms with Crippen LogP contribution in [0.3, 0.4) is 0 Å². The van der Waals surface area contributed by atoms with Gasteiger partial charge in [0.25, 0.3) is 0 Å². The highest BCUT2D eigenvalue weighted by Crippen LogP contribution is 2.29. The van der Waals surface area contributed by atoms with Gasteiger partial charge in [0, 0.05) is 19.1 Å². The second-order valence-electron chi connectivity index (χ2n) is 6.75. The normalized spacial score (nSPS) is 23.2. The fourth-order valence-electron chi connectivity index (χ4n) is 2.73. The molecule has 2 atom stereocenters. The van der Waals surface area contributed by atoms with Gasteiger partial charge in [-0.05, 0) is 32.3 Å². The van der Waals surface area contributed by atoms with Crippen LogP contribution in [0.2, 0.25) is 0 Å². The first-order valence-electron chi connectivity index (χ1n) is 7.35. The minimum Gasteiger partial charge on any atom is -0.460 e. The predicted octanol–water partition coefficient (Wildman–Crippen LogP) is 3.24. The molecule has 0 radical (unpaired) electrons. The molecule has 3 heteroatoms. The van der Waals surface area contributed by atoms with E-state index >= 15 is 0 Å². The molecule has 0 amide bonds. The summed E-state index contributed by atoms with van der Waals surface area (Å²) >= 11 is 0. The fraction of sp³-hybridized carbons (Fsp3) is 0.588. The molecule has 0 N–H and O–H groups in total. The summed E-state index contributed by atoms with van der Waals surface area (Å²) in [5.41, 5.74) is 0.905. The third kappa shape index (κ3) is 4.07. The lowest BCUT2D eigenvalue weighted by atomic mass is 9.87. The highest BCUT2D eigenvalue weighted by molar-refractivity contribution is 5.70. The van der Waals surface area contributed by atoms with Crippen molar-refractivity contribution in [2.45, 2.75) is 52.3 Å². The zero-order chi connectivity index (χ0) is 14.8. The first-order chi connectivity index (χ1) is 9.35. The predicted molar refractivity (Wildman–Crippen MR) is 80.3 cm³/mol. The minimum atomic E-state index is -0.395. The molecule has 0 aliphatic carbocycles. The van der Waals surface area contributed by atoms with Crippen molar-refractivity contribution in [1.29, 1.82) is 0 Å². The van der Waals surface area contributed by atoms with E-state index in [0.717, 1.165) is 13.1 Å². The van der Waals surface area contributed by atoms with Crippen molar-refractivity contribution in [3.05, 3.63) is 35.9 Å². The molecule has 20 heavy (non-hydrogen) atoms. The maximum absolute atomic E-state index is 12.0. The summed E-state index contributed by atoms with van der Waals surface area (Å²) in [4.78, 5) is 14.3. The molecule has 1 unspecified atom stereocenters. The van der Waals surface area contributed by atoms with Crippen molar-refractivity contribution < 1.29 is 9.53 Å². The smallest absolute Gasteiger partial charge is 0.307 e. The van der Waals surface area contributed by atoms with Crippen LogP contribution in [0.15, 0.2) is 30.3 Å². The zero-order valence-electron chi connectivity index (χ0n) is 12.9. The highest BCUT2D eigenvalue weighted by atomic mass is 16.6. The second-order valence-corrected chi connectivity index (χ2v) is 6.75. The quantitative estimate of drug-likeness (QED) is 0.790. The van der Waals surface area contributed by atoms with E-state index in [1.54, 1.807) is 0 Å². The number of carbonyl (C=O) groups is 1. The van der Waals surface area contributed by atoms with Crippen LogP contribution in [0.1, 0.15) is 39.7 Å². The Labute approximate surface area is 121 Å². The second kappa shape index (κ2) is 5.96. The lowest BCUT2D eigenvalue weighted by molar-refractivity contribution is -0.159. The molecule has 2 rings (SSSR count). The summed E-state index contributed by atoms with van der Waals surface area (Å²) in [6.45, 7) is 9.92. The largest absolute Gasteiger partial charge is 0.460 e. The average Bonchev–Trinajstić information content (AvgIpc) is 2.35. The molecule has 1 fully saturated rings. The van der Waals surface area contributed by atoms with Gasteiger partial charge < -0.3 is 4.74 Å². The van der Waals surface area contributed by atoms with Gasteiger partial charge in [0.2, 0.25) is 0 Å². The number of rotatable bonds is 4. The minimum absolute atomic E-state index is 0.0906. The molecule has 1 aromatic carbocycles. The van der Waals surface area contributed by atoms with Crippen LogP contribution in [-0.4, -0.2) is 29.1 Å². The maximum Gasteiger partial charge on any atom is 0.307 e. The third-order valence-corrected chi connectivity index (χ3v) is 3.67. The van der Waals surface area contributed by atoms with Crippen molar-refractivity contribution in [1.82, 2.24) is 4.90 Å². The Kier molecular flexibility index (Phi) is 4.48. The third-order valence-electron chi connectivity index (χ3n) is 3.67. The molecule has 0 spiro atoms. The van der Waals surface area contributed by atoms with Crippen LogP contribution in [0, 0.1) is 5.92 Å². The molecule has 110 valence electrons. The van der Waals surface area contributed by atoms with Gasteiger partial charge in [-0.2, -0.15) is 0 Å². The Bertz CT molecular complexity index is 450. The number of nitrogens with zero attached hydrogens (tertiary/aromatic N) is 1. The zero-order valence-corrected chi connectivity index (χ0v) is 12.9. The Balaban J connectivity index is 1.88. The Morgan fingerprint density at radius 2 is 1.95 bits per heavy atom. The van der Waals surface area contributed by atoms with Crippen LogP contribution >= 0.6 is 0 Å². The average molecular weight is 275 g/mol. The number of hydrogen-bond acceptors (Lipinski definition) is 3. The summed E-state index contributed by atoms with van der Waals surface area (Å²) in [6, 6.07) is 10.7. The topological polar surface area (TPSA) is 29.5 Å². The standard InChI is InChI=1S/C17H25NO2/c1-13-11-18(12-14-8-6-5-7-9-14)15(13)10-16(19)20-17(2,3)4/h5-9,13,15H,10-12H2,1-4H3/t13-,15?/m0/s1. The Morgan fingerprint density at radius 1 is 1.30 bits per heavy atom. The number of benzene rings is 1. The molecule has 1 heterocycles. The van der Waals surface area contributed by atoms with Crippen LogP contribution in [0.5, 0.6) is 0 Å². The highest BCUT2D eigenvalue weighted by Gasteiger charge is 2.37. The SMILES string of the molecule is C[C@H]1CN(Cc2ccccc2)C1CC(=O)OC(C)(C)C. The molecule has 3 nitrogen and oxygen atoms in total. The van der Waals surface area contributed by atoms with Gasteiger partial charge in [-0.15, -0.1) is 0 Å². The summed E-state index contributed by atoms with van der Waals surface area (Å²) in [5.74, 6) is 0.471. The van der Waals surface area contributed by atoms with E-state index in [2.05, 4.69) is 36.1 Å². The molecule has 1 aliphatic heterocycles. The van der Waals surface area contributed by atoms with Gasteiger partial charge >= 0.3 is 5.97 Å². The van der Waals surface area contributed by atoms with Crippen molar-refractivity contribution >= 4 is 5.97 Å². The summed E-state index contributed by atoms with van der Waals surface area (Å²) < 4.78 is 5.43. The maximum atomic E-state index is 12.0. The van der Waals surface area contributed by atoms with Crippen molar-refractivity contribution in [2.24, 2.45) is 5.92 Å². The van der Waals surface area contributed by atoms with Crippen molar-refractivity contribution in [3.8, 4) is 0 Å². The number of likely N-dealkylation sites (tertiary alicyclic amines) is 1. The van der Waals surface area contributed by atoms with E-state index in [1.807, 2.05) is 26.8 Å². The molecule has 1 saturated heterocycles. The molecule has 1 aliphatic rings. The van der Waals surface area contributed by atoms with Crippen LogP contribution in [0.4, 0.5) is 0 Å². The molecule has 1 aromatic rings. The fourth-order valence-corrected chi connectivity index (χ4v) is 2.73.